The van der Waals surface area contributed by atoms with Crippen molar-refractivity contribution in [3.8, 4) is 0 Å². The highest BCUT2D eigenvalue weighted by molar-refractivity contribution is 7.53. The van der Waals surface area contributed by atoms with Crippen molar-refractivity contribution in [3.63, 3.8) is 0 Å². The molecule has 0 aromatic rings. The van der Waals surface area contributed by atoms with E-state index in [2.05, 4.69) is 0 Å². The summed E-state index contributed by atoms with van der Waals surface area (Å²) in [7, 11) is 2.66. The van der Waals surface area contributed by atoms with E-state index in [0.29, 0.717) is 47.7 Å². The summed E-state index contributed by atoms with van der Waals surface area (Å²) in [5, 5.41) is 0. The molecular formula is C48H94N2O16P2+2. The molecule has 1 saturated heterocycles. The van der Waals surface area contributed by atoms with Crippen molar-refractivity contribution in [1.82, 2.24) is 0 Å². The Kier molecular flexibility index (Phi) is 36.0. The first-order valence-corrected chi connectivity index (χ1v) is 28.7. The van der Waals surface area contributed by atoms with Gasteiger partial charge in [0, 0.05) is 25.7 Å². The molecular weight excluding hydrogens is 922 g/mol. The van der Waals surface area contributed by atoms with E-state index in [4.69, 9.17) is 37.0 Å². The summed E-state index contributed by atoms with van der Waals surface area (Å²) >= 11 is 0. The molecule has 1 aliphatic rings. The minimum atomic E-state index is -4.44. The lowest BCUT2D eigenvalue weighted by Crippen LogP contribution is -2.38. The molecule has 1 heterocycles. The van der Waals surface area contributed by atoms with E-state index in [1.54, 1.807) is 0 Å². The van der Waals surface area contributed by atoms with Gasteiger partial charge in [0.25, 0.3) is 0 Å². The van der Waals surface area contributed by atoms with Gasteiger partial charge >= 0.3 is 40.2 Å². The number of likely N-dealkylation sites (N-methyl/N-ethyl adjacent to an activating group) is 2. The van der Waals surface area contributed by atoms with E-state index >= 15 is 0 Å². The molecule has 0 aromatic heterocycles. The van der Waals surface area contributed by atoms with Crippen LogP contribution >= 0.6 is 16.3 Å². The molecule has 18 nitrogen and oxygen atoms in total. The number of hydrogen-bond acceptors (Lipinski definition) is 16. The van der Waals surface area contributed by atoms with E-state index in [0.717, 1.165) is 89.9 Å². The first-order chi connectivity index (χ1) is 32.1. The molecule has 2 unspecified atom stereocenters. The highest BCUT2D eigenvalue weighted by Crippen LogP contribution is 2.48. The van der Waals surface area contributed by atoms with E-state index in [-0.39, 0.29) is 52.1 Å². The van der Waals surface area contributed by atoms with E-state index in [9.17, 15) is 38.8 Å². The van der Waals surface area contributed by atoms with Crippen molar-refractivity contribution in [2.75, 3.05) is 95.0 Å². The third-order valence-corrected chi connectivity index (χ3v) is 13.3. The molecule has 0 bridgehead atoms. The average molecular weight is 1020 g/mol. The molecule has 0 amide bonds. The number of phosphoric acid groups is 2. The third-order valence-electron chi connectivity index (χ3n) is 11.4. The Morgan fingerprint density at radius 1 is 0.426 bits per heavy atom. The molecule has 0 spiro atoms. The van der Waals surface area contributed by atoms with Gasteiger partial charge in [-0.05, 0) is 25.7 Å². The van der Waals surface area contributed by atoms with E-state index < -0.39 is 65.6 Å². The number of ether oxygens (including phenoxy) is 4. The smallest absolute Gasteiger partial charge is 0.377 e. The molecule has 1 rings (SSSR count). The van der Waals surface area contributed by atoms with Crippen LogP contribution < -0.4 is 9.79 Å². The fourth-order valence-electron chi connectivity index (χ4n) is 7.14. The van der Waals surface area contributed by atoms with Crippen LogP contribution in [0.4, 0.5) is 0 Å². The molecule has 0 radical (unpaired) electrons. The molecule has 0 saturated carbocycles. The summed E-state index contributed by atoms with van der Waals surface area (Å²) in [6.07, 6.45) is 22.0. The molecule has 0 aromatic carbocycles. The van der Waals surface area contributed by atoms with Crippen LogP contribution in [-0.4, -0.2) is 150 Å². The Hall–Kier alpha value is -1.66. The Bertz CT molecular complexity index is 1230. The number of esters is 4. The van der Waals surface area contributed by atoms with Gasteiger partial charge in [0.05, 0.1) is 42.3 Å². The summed E-state index contributed by atoms with van der Waals surface area (Å²) in [5.74, 6) is -1.89. The second-order valence-corrected chi connectivity index (χ2v) is 23.2. The average Bonchev–Trinajstić information content (AvgIpc) is 3.24. The molecule has 4 atom stereocenters. The summed E-state index contributed by atoms with van der Waals surface area (Å²) in [5.41, 5.74) is 0. The maximum absolute atomic E-state index is 12.8. The Labute approximate surface area is 410 Å². The van der Waals surface area contributed by atoms with Crippen molar-refractivity contribution in [2.24, 2.45) is 0 Å². The third kappa shape index (κ3) is 42.1. The van der Waals surface area contributed by atoms with Crippen molar-refractivity contribution >= 4 is 40.2 Å². The number of phosphoric ester groups is 2. The number of nitrogens with zero attached hydrogens (tertiary/aromatic N) is 2. The summed E-state index contributed by atoms with van der Waals surface area (Å²) in [6.45, 7) is -0.614. The molecule has 1 fully saturated rings. The number of carbonyl (C=O) groups excluding carboxylic acids is 4. The number of quaternary nitrogens is 2. The maximum atomic E-state index is 12.8. The first kappa shape index (κ1) is 64.4. The highest BCUT2D eigenvalue weighted by Gasteiger charge is 2.33. The van der Waals surface area contributed by atoms with Gasteiger partial charge < -0.3 is 37.7 Å². The van der Waals surface area contributed by atoms with Crippen molar-refractivity contribution in [1.29, 1.82) is 0 Å². The van der Waals surface area contributed by atoms with E-state index in [1.807, 2.05) is 42.3 Å². The zero-order chi connectivity index (χ0) is 50.6. The van der Waals surface area contributed by atoms with Gasteiger partial charge in [-0.15, -0.1) is 0 Å². The fourth-order valence-corrected chi connectivity index (χ4v) is 8.62. The number of carbonyl (C=O) groups is 4. The lowest BCUT2D eigenvalue weighted by atomic mass is 10.0. The first-order valence-electron chi connectivity index (χ1n) is 25.7. The zero-order valence-corrected chi connectivity index (χ0v) is 44.8. The Morgan fingerprint density at radius 3 is 0.912 bits per heavy atom. The minimum Gasteiger partial charge on any atom is -0.606 e. The Morgan fingerprint density at radius 2 is 0.662 bits per heavy atom. The molecule has 20 heteroatoms. The lowest BCUT2D eigenvalue weighted by Gasteiger charge is -2.26. The predicted molar refractivity (Wildman–Crippen MR) is 259 cm³/mol. The minimum absolute atomic E-state index is 0.0108. The van der Waals surface area contributed by atoms with Crippen molar-refractivity contribution in [3.05, 3.63) is 0 Å². The number of rotatable bonds is 14. The number of hydrogen-bond donors (Lipinski definition) is 2. The van der Waals surface area contributed by atoms with Crippen LogP contribution in [0.1, 0.15) is 180 Å². The number of cyclic esters (lactones) is 4. The Balaban J connectivity index is 2.71. The van der Waals surface area contributed by atoms with Gasteiger partial charge in [0.1, 0.15) is 52.7 Å². The van der Waals surface area contributed by atoms with Crippen LogP contribution in [0.15, 0.2) is 0 Å². The van der Waals surface area contributed by atoms with Crippen LogP contribution in [0.2, 0.25) is 0 Å². The largest absolute Gasteiger partial charge is 0.606 e. The van der Waals surface area contributed by atoms with Gasteiger partial charge in [-0.1, -0.05) is 128 Å². The van der Waals surface area contributed by atoms with Gasteiger partial charge in [-0.25, -0.2) is 0 Å². The molecule has 0 aliphatic carbocycles. The van der Waals surface area contributed by atoms with Crippen LogP contribution in [0.5, 0.6) is 0 Å². The van der Waals surface area contributed by atoms with Gasteiger partial charge in [-0.2, -0.15) is 27.9 Å². The fraction of sp³-hybridized carbons (Fsp3) is 0.917. The summed E-state index contributed by atoms with van der Waals surface area (Å²) in [4.78, 5) is 96.3. The van der Waals surface area contributed by atoms with Gasteiger partial charge in [0.2, 0.25) is 0 Å². The van der Waals surface area contributed by atoms with Gasteiger partial charge in [0.15, 0.2) is 12.2 Å². The van der Waals surface area contributed by atoms with Crippen molar-refractivity contribution < 1.29 is 84.8 Å². The molecule has 68 heavy (non-hydrogen) atoms. The monoisotopic (exact) mass is 1020 g/mol. The summed E-state index contributed by atoms with van der Waals surface area (Å²) < 4.78 is 43.5. The van der Waals surface area contributed by atoms with Crippen molar-refractivity contribution in [2.45, 2.75) is 192 Å². The highest BCUT2D eigenvalue weighted by atomic mass is 31.2. The maximum Gasteiger partial charge on any atom is 0.377 e. The van der Waals surface area contributed by atoms with E-state index in [1.165, 1.54) is 38.5 Å². The molecule has 400 valence electrons. The van der Waals surface area contributed by atoms with Gasteiger partial charge in [-0.3, -0.25) is 19.2 Å². The normalized spacial score (nSPS) is 23.4. The summed E-state index contributed by atoms with van der Waals surface area (Å²) in [6, 6.07) is 0. The zero-order valence-electron chi connectivity index (χ0n) is 43.0. The predicted octanol–water partition coefficient (Wildman–Crippen LogP) is 7.37. The molecule has 1 aliphatic heterocycles. The van der Waals surface area contributed by atoms with Crippen LogP contribution in [0.3, 0.4) is 0 Å². The molecule has 2 N–H and O–H groups in total. The lowest BCUT2D eigenvalue weighted by molar-refractivity contribution is -0.870. The standard InChI is InChI=1S/C48H92N2O16P2/c1-49(2,3)35-37-61-67(55,56)63-41-43-39-59-45(51)31-27-23-19-17-18-20-24-28-32-46(52)60-40-44(42-64-68(57,58)62-38-36-50(4,5)6)66-48(54)34-30-26-22-16-14-12-10-8-7-9-11-13-15-21-25-29-33-47(53)65-43/h43-44H,7-42H2,1-6H3/p+2/t43-,44-/m0/s1. The van der Waals surface area contributed by atoms with Crippen LogP contribution in [0.25, 0.3) is 0 Å². The second kappa shape index (κ2) is 38.0. The second-order valence-electron chi connectivity index (χ2n) is 20.3. The quantitative estimate of drug-likeness (QED) is 0.0749. The topological polar surface area (TPSA) is 229 Å². The van der Waals surface area contributed by atoms with Crippen LogP contribution in [0, 0.1) is 0 Å². The SMILES string of the molecule is C[N+](C)(C)CCO[P+]([O-])(O)OC[C@@H]1COC(=O)CCCCCCCCCCC(=O)OC[C@@H](CO[P+]([O-])(O)OCC[N+](C)(C)C)OC(=O)CCCCCCCCCCCCCCCCCCC(=O)O1. The van der Waals surface area contributed by atoms with Crippen LogP contribution in [-0.2, 0) is 56.2 Å².